The molecule has 2 heterocycles. The maximum atomic E-state index is 5.55. The van der Waals surface area contributed by atoms with Gasteiger partial charge in [0.15, 0.2) is 0 Å². The first-order chi connectivity index (χ1) is 8.33. The molecule has 0 amide bonds. The standard InChI is InChI=1S/C12H16N4O/c1-17-12-3-2-10(6-15-12)8-16-9-14-7-11(16)4-5-13/h2-3,6-7,9H,4-5,8,13H2,1H3. The van der Waals surface area contributed by atoms with Gasteiger partial charge in [-0.1, -0.05) is 6.07 Å². The molecular weight excluding hydrogens is 216 g/mol. The molecule has 0 atom stereocenters. The molecular formula is C12H16N4O. The molecule has 0 bridgehead atoms. The molecule has 5 nitrogen and oxygen atoms in total. The van der Waals surface area contributed by atoms with E-state index in [2.05, 4.69) is 14.5 Å². The van der Waals surface area contributed by atoms with Crippen LogP contribution in [0.3, 0.4) is 0 Å². The summed E-state index contributed by atoms with van der Waals surface area (Å²) < 4.78 is 7.10. The van der Waals surface area contributed by atoms with Gasteiger partial charge in [0, 0.05) is 30.6 Å². The van der Waals surface area contributed by atoms with Crippen LogP contribution in [0, 0.1) is 0 Å². The lowest BCUT2D eigenvalue weighted by Crippen LogP contribution is -2.09. The molecule has 0 aliphatic carbocycles. The number of nitrogens with two attached hydrogens (primary N) is 1. The molecule has 0 aromatic carbocycles. The Kier molecular flexibility index (Phi) is 3.72. The Morgan fingerprint density at radius 2 is 2.24 bits per heavy atom. The van der Waals surface area contributed by atoms with Gasteiger partial charge in [0.2, 0.25) is 5.88 Å². The molecule has 0 radical (unpaired) electrons. The van der Waals surface area contributed by atoms with Crippen LogP contribution in [0.5, 0.6) is 5.88 Å². The van der Waals surface area contributed by atoms with Gasteiger partial charge in [0.25, 0.3) is 0 Å². The van der Waals surface area contributed by atoms with E-state index in [1.165, 1.54) is 0 Å². The zero-order valence-corrected chi connectivity index (χ0v) is 9.84. The highest BCUT2D eigenvalue weighted by Crippen LogP contribution is 2.09. The summed E-state index contributed by atoms with van der Waals surface area (Å²) in [6.45, 7) is 1.39. The summed E-state index contributed by atoms with van der Waals surface area (Å²) in [7, 11) is 1.61. The molecule has 2 N–H and O–H groups in total. The largest absolute Gasteiger partial charge is 0.481 e. The van der Waals surface area contributed by atoms with Crippen LogP contribution in [-0.4, -0.2) is 28.2 Å². The second kappa shape index (κ2) is 5.45. The van der Waals surface area contributed by atoms with E-state index in [1.807, 2.05) is 30.9 Å². The first-order valence-electron chi connectivity index (χ1n) is 5.51. The Bertz CT molecular complexity index is 464. The fraction of sp³-hybridized carbons (Fsp3) is 0.333. The smallest absolute Gasteiger partial charge is 0.212 e. The zero-order chi connectivity index (χ0) is 12.1. The predicted molar refractivity (Wildman–Crippen MR) is 64.9 cm³/mol. The van der Waals surface area contributed by atoms with E-state index in [0.29, 0.717) is 12.4 Å². The first kappa shape index (κ1) is 11.6. The maximum absolute atomic E-state index is 5.55. The quantitative estimate of drug-likeness (QED) is 0.829. The lowest BCUT2D eigenvalue weighted by molar-refractivity contribution is 0.397. The number of ether oxygens (including phenoxy) is 1. The van der Waals surface area contributed by atoms with E-state index < -0.39 is 0 Å². The number of rotatable bonds is 5. The number of pyridine rings is 1. The molecule has 0 aliphatic heterocycles. The van der Waals surface area contributed by atoms with Gasteiger partial charge in [0.1, 0.15) is 0 Å². The Morgan fingerprint density at radius 1 is 1.35 bits per heavy atom. The van der Waals surface area contributed by atoms with Crippen molar-refractivity contribution >= 4 is 0 Å². The molecule has 2 rings (SSSR count). The molecule has 90 valence electrons. The highest BCUT2D eigenvalue weighted by Gasteiger charge is 2.02. The monoisotopic (exact) mass is 232 g/mol. The number of aromatic nitrogens is 3. The van der Waals surface area contributed by atoms with Gasteiger partial charge < -0.3 is 15.0 Å². The minimum Gasteiger partial charge on any atom is -0.481 e. The average Bonchev–Trinajstić information content (AvgIpc) is 2.78. The van der Waals surface area contributed by atoms with E-state index in [0.717, 1.165) is 24.2 Å². The van der Waals surface area contributed by atoms with Crippen LogP contribution in [0.4, 0.5) is 0 Å². The fourth-order valence-electron chi connectivity index (χ4n) is 1.67. The number of hydrogen-bond donors (Lipinski definition) is 1. The molecule has 2 aromatic rings. The van der Waals surface area contributed by atoms with Crippen molar-refractivity contribution in [3.63, 3.8) is 0 Å². The van der Waals surface area contributed by atoms with Gasteiger partial charge in [-0.3, -0.25) is 0 Å². The van der Waals surface area contributed by atoms with Crippen molar-refractivity contribution in [2.45, 2.75) is 13.0 Å². The van der Waals surface area contributed by atoms with Crippen LogP contribution in [0.2, 0.25) is 0 Å². The van der Waals surface area contributed by atoms with E-state index in [1.54, 1.807) is 7.11 Å². The Labute approximate surface area is 100 Å². The molecule has 2 aromatic heterocycles. The molecule has 0 saturated heterocycles. The van der Waals surface area contributed by atoms with Gasteiger partial charge in [-0.15, -0.1) is 0 Å². The third-order valence-corrected chi connectivity index (χ3v) is 2.56. The minimum atomic E-state index is 0.626. The van der Waals surface area contributed by atoms with Gasteiger partial charge in [-0.05, 0) is 12.1 Å². The van der Waals surface area contributed by atoms with Crippen LogP contribution in [0.25, 0.3) is 0 Å². The van der Waals surface area contributed by atoms with Crippen molar-refractivity contribution in [3.05, 3.63) is 42.1 Å². The molecule has 5 heteroatoms. The van der Waals surface area contributed by atoms with Crippen LogP contribution in [0.15, 0.2) is 30.9 Å². The molecule has 0 saturated carbocycles. The number of nitrogens with zero attached hydrogens (tertiary/aromatic N) is 3. The summed E-state index contributed by atoms with van der Waals surface area (Å²) in [6.07, 6.45) is 6.31. The van der Waals surface area contributed by atoms with Gasteiger partial charge in [-0.2, -0.15) is 0 Å². The molecule has 0 unspecified atom stereocenters. The fourth-order valence-corrected chi connectivity index (χ4v) is 1.67. The van der Waals surface area contributed by atoms with Crippen molar-refractivity contribution in [1.29, 1.82) is 0 Å². The lowest BCUT2D eigenvalue weighted by atomic mass is 10.2. The predicted octanol–water partition coefficient (Wildman–Crippen LogP) is 0.836. The van der Waals surface area contributed by atoms with Crippen molar-refractivity contribution in [2.24, 2.45) is 5.73 Å². The van der Waals surface area contributed by atoms with Crippen molar-refractivity contribution in [2.75, 3.05) is 13.7 Å². The summed E-state index contributed by atoms with van der Waals surface area (Å²) >= 11 is 0. The number of methoxy groups -OCH3 is 1. The first-order valence-corrected chi connectivity index (χ1v) is 5.51. The Balaban J connectivity index is 2.10. The SMILES string of the molecule is COc1ccc(Cn2cncc2CCN)cn1. The summed E-state index contributed by atoms with van der Waals surface area (Å²) in [5.74, 6) is 0.626. The highest BCUT2D eigenvalue weighted by molar-refractivity contribution is 5.18. The average molecular weight is 232 g/mol. The van der Waals surface area contributed by atoms with Crippen molar-refractivity contribution in [3.8, 4) is 5.88 Å². The van der Waals surface area contributed by atoms with E-state index in [4.69, 9.17) is 10.5 Å². The zero-order valence-electron chi connectivity index (χ0n) is 9.84. The van der Waals surface area contributed by atoms with Gasteiger partial charge >= 0.3 is 0 Å². The van der Waals surface area contributed by atoms with Gasteiger partial charge in [0.05, 0.1) is 20.0 Å². The van der Waals surface area contributed by atoms with E-state index in [9.17, 15) is 0 Å². The molecule has 0 aliphatic rings. The van der Waals surface area contributed by atoms with Gasteiger partial charge in [-0.25, -0.2) is 9.97 Å². The van der Waals surface area contributed by atoms with E-state index in [-0.39, 0.29) is 0 Å². The van der Waals surface area contributed by atoms with Crippen molar-refractivity contribution in [1.82, 2.24) is 14.5 Å². The number of hydrogen-bond acceptors (Lipinski definition) is 4. The molecule has 17 heavy (non-hydrogen) atoms. The normalized spacial score (nSPS) is 10.5. The van der Waals surface area contributed by atoms with Crippen LogP contribution in [-0.2, 0) is 13.0 Å². The molecule has 0 spiro atoms. The summed E-state index contributed by atoms with van der Waals surface area (Å²) in [6, 6.07) is 3.85. The highest BCUT2D eigenvalue weighted by atomic mass is 16.5. The maximum Gasteiger partial charge on any atom is 0.212 e. The molecule has 0 fully saturated rings. The van der Waals surface area contributed by atoms with Crippen molar-refractivity contribution < 1.29 is 4.74 Å². The second-order valence-electron chi connectivity index (χ2n) is 3.76. The van der Waals surface area contributed by atoms with Crippen LogP contribution < -0.4 is 10.5 Å². The Morgan fingerprint density at radius 3 is 2.88 bits per heavy atom. The topological polar surface area (TPSA) is 66.0 Å². The Hall–Kier alpha value is -1.88. The third-order valence-electron chi connectivity index (χ3n) is 2.56. The number of imidazole rings is 1. The summed E-state index contributed by atoms with van der Waals surface area (Å²) in [4.78, 5) is 8.31. The van der Waals surface area contributed by atoms with E-state index >= 15 is 0 Å². The summed E-state index contributed by atoms with van der Waals surface area (Å²) in [5, 5.41) is 0. The third kappa shape index (κ3) is 2.82. The van der Waals surface area contributed by atoms with Crippen LogP contribution in [0.1, 0.15) is 11.3 Å². The van der Waals surface area contributed by atoms with Crippen LogP contribution >= 0.6 is 0 Å². The minimum absolute atomic E-state index is 0.626. The lowest BCUT2D eigenvalue weighted by Gasteiger charge is -2.07. The summed E-state index contributed by atoms with van der Waals surface area (Å²) in [5.41, 5.74) is 7.80. The second-order valence-corrected chi connectivity index (χ2v) is 3.76.